The van der Waals surface area contributed by atoms with Gasteiger partial charge in [0.2, 0.25) is 0 Å². The van der Waals surface area contributed by atoms with Gasteiger partial charge in [0, 0.05) is 19.3 Å². The van der Waals surface area contributed by atoms with Crippen LogP contribution in [0.15, 0.2) is 146 Å². The number of allylic oxidation sites excluding steroid dienone is 24. The van der Waals surface area contributed by atoms with Crippen LogP contribution in [0.1, 0.15) is 303 Å². The molecule has 6 nitrogen and oxygen atoms in total. The molecular weight excluding hydrogens is 1020 g/mol. The topological polar surface area (TPSA) is 78.9 Å². The molecule has 0 aliphatic heterocycles. The van der Waals surface area contributed by atoms with Gasteiger partial charge in [-0.25, -0.2) is 0 Å². The third kappa shape index (κ3) is 68.0. The summed E-state index contributed by atoms with van der Waals surface area (Å²) in [5, 5.41) is 0. The van der Waals surface area contributed by atoms with E-state index in [1.165, 1.54) is 122 Å². The number of hydrogen-bond acceptors (Lipinski definition) is 6. The van der Waals surface area contributed by atoms with Gasteiger partial charge in [0.15, 0.2) is 6.10 Å². The quantitative estimate of drug-likeness (QED) is 0.0261. The highest BCUT2D eigenvalue weighted by atomic mass is 16.6. The molecule has 83 heavy (non-hydrogen) atoms. The molecule has 0 bridgehead atoms. The second kappa shape index (κ2) is 69.8. The van der Waals surface area contributed by atoms with Crippen LogP contribution < -0.4 is 0 Å². The molecular formula is C77H126O6. The van der Waals surface area contributed by atoms with Gasteiger partial charge in [-0.05, 0) is 141 Å². The Kier molecular flexibility index (Phi) is 65.8. The van der Waals surface area contributed by atoms with Crippen molar-refractivity contribution in [1.29, 1.82) is 0 Å². The molecule has 470 valence electrons. The van der Waals surface area contributed by atoms with Crippen molar-refractivity contribution in [3.05, 3.63) is 146 Å². The van der Waals surface area contributed by atoms with Gasteiger partial charge < -0.3 is 14.2 Å². The molecule has 0 heterocycles. The maximum absolute atomic E-state index is 12.9. The first-order valence-electron chi connectivity index (χ1n) is 34.3. The fourth-order valence-electron chi connectivity index (χ4n) is 9.23. The molecule has 6 heteroatoms. The summed E-state index contributed by atoms with van der Waals surface area (Å²) in [6.07, 6.45) is 100. The molecule has 0 aromatic rings. The molecule has 0 aromatic heterocycles. The van der Waals surface area contributed by atoms with Gasteiger partial charge in [0.05, 0.1) is 0 Å². The third-order valence-electron chi connectivity index (χ3n) is 14.3. The Labute approximate surface area is 512 Å². The molecule has 1 unspecified atom stereocenters. The van der Waals surface area contributed by atoms with E-state index in [0.29, 0.717) is 19.3 Å². The average molecular weight is 1150 g/mol. The molecule has 0 amide bonds. The standard InChI is InChI=1S/C77H126O6/c1-4-7-10-13-16-19-22-25-27-29-31-33-35-37-38-40-41-43-45-47-49-52-55-58-61-64-67-70-76(79)82-73-74(72-81-75(78)69-66-63-60-57-54-51-24-21-18-15-12-9-6-3)83-77(80)71-68-65-62-59-56-53-50-48-46-44-42-39-36-34-32-30-28-26-23-20-17-14-11-8-5-2/h8-9,11-12,17-18,20-22,25-26,28-29,31-32,34,39,42,46,48,51,53-54,56,74H,4-7,10,13-16,19,23-24,27,30,33,35-38,40-41,43-45,47,49-50,52,55,57-73H2,1-3H3/b11-8-,12-9-,20-17-,21-18-,25-22-,28-26-,31-29-,34-32-,42-39-,48-46-,54-51-,56-53-. The second-order valence-corrected chi connectivity index (χ2v) is 22.3. The highest BCUT2D eigenvalue weighted by Gasteiger charge is 2.19. The SMILES string of the molecule is CC/C=C\C/C=C\C/C=C\C/C=C\C/C=C\C/C=C\C/C=C\CCCCCC(=O)OC(COC(=O)CCCCC/C=C\C/C=C\C/C=C\CC)COC(=O)CCCCCCCCCCCCCCCCC/C=C\C/C=C\CCCCCCC. The van der Waals surface area contributed by atoms with E-state index in [1.807, 2.05) is 0 Å². The van der Waals surface area contributed by atoms with E-state index in [-0.39, 0.29) is 37.5 Å². The predicted molar refractivity (Wildman–Crippen MR) is 362 cm³/mol. The summed E-state index contributed by atoms with van der Waals surface area (Å²) in [6.45, 7) is 6.36. The normalized spacial score (nSPS) is 13.0. The van der Waals surface area contributed by atoms with Gasteiger partial charge in [-0.1, -0.05) is 289 Å². The molecule has 0 fully saturated rings. The van der Waals surface area contributed by atoms with E-state index in [1.54, 1.807) is 0 Å². The van der Waals surface area contributed by atoms with Gasteiger partial charge in [0.25, 0.3) is 0 Å². The largest absolute Gasteiger partial charge is 0.462 e. The maximum Gasteiger partial charge on any atom is 0.306 e. The number of carbonyl (C=O) groups excluding carboxylic acids is 3. The van der Waals surface area contributed by atoms with Gasteiger partial charge in [-0.3, -0.25) is 14.4 Å². The Morgan fingerprint density at radius 2 is 0.470 bits per heavy atom. The summed E-state index contributed by atoms with van der Waals surface area (Å²) < 4.78 is 16.9. The minimum Gasteiger partial charge on any atom is -0.462 e. The summed E-state index contributed by atoms with van der Waals surface area (Å²) in [6, 6.07) is 0. The van der Waals surface area contributed by atoms with Crippen molar-refractivity contribution in [2.45, 2.75) is 309 Å². The summed E-state index contributed by atoms with van der Waals surface area (Å²) in [5.74, 6) is -0.966. The third-order valence-corrected chi connectivity index (χ3v) is 14.3. The molecule has 0 radical (unpaired) electrons. The molecule has 0 rings (SSSR count). The molecule has 0 aliphatic rings. The van der Waals surface area contributed by atoms with Crippen LogP contribution in [-0.4, -0.2) is 37.2 Å². The van der Waals surface area contributed by atoms with Crippen LogP contribution in [0.25, 0.3) is 0 Å². The molecule has 0 aromatic carbocycles. The first-order valence-corrected chi connectivity index (χ1v) is 34.3. The number of rotatable bonds is 61. The van der Waals surface area contributed by atoms with E-state index in [9.17, 15) is 14.4 Å². The predicted octanol–water partition coefficient (Wildman–Crippen LogP) is 23.9. The Hall–Kier alpha value is -4.71. The molecule has 0 saturated heterocycles. The van der Waals surface area contributed by atoms with Crippen LogP contribution in [0, 0.1) is 0 Å². The molecule has 0 saturated carbocycles. The van der Waals surface area contributed by atoms with Crippen LogP contribution in [0.3, 0.4) is 0 Å². The van der Waals surface area contributed by atoms with Crippen molar-refractivity contribution >= 4 is 17.9 Å². The summed E-state index contributed by atoms with van der Waals surface area (Å²) in [7, 11) is 0. The fourth-order valence-corrected chi connectivity index (χ4v) is 9.23. The van der Waals surface area contributed by atoms with Crippen molar-refractivity contribution < 1.29 is 28.6 Å². The molecule has 1 atom stereocenters. The summed E-state index contributed by atoms with van der Waals surface area (Å²) >= 11 is 0. The molecule has 0 N–H and O–H groups in total. The lowest BCUT2D eigenvalue weighted by Crippen LogP contribution is -2.30. The minimum atomic E-state index is -0.816. The van der Waals surface area contributed by atoms with Gasteiger partial charge in [0.1, 0.15) is 13.2 Å². The highest BCUT2D eigenvalue weighted by Crippen LogP contribution is 2.16. The van der Waals surface area contributed by atoms with E-state index in [2.05, 4.69) is 167 Å². The number of ether oxygens (including phenoxy) is 3. The second-order valence-electron chi connectivity index (χ2n) is 22.3. The van der Waals surface area contributed by atoms with Crippen molar-refractivity contribution in [3.63, 3.8) is 0 Å². The van der Waals surface area contributed by atoms with Crippen LogP contribution in [0.4, 0.5) is 0 Å². The van der Waals surface area contributed by atoms with E-state index >= 15 is 0 Å². The number of esters is 3. The lowest BCUT2D eigenvalue weighted by atomic mass is 10.0. The molecule has 0 spiro atoms. The first kappa shape index (κ1) is 78.3. The first-order chi connectivity index (χ1) is 41.0. The smallest absolute Gasteiger partial charge is 0.306 e. The zero-order valence-electron chi connectivity index (χ0n) is 53.9. The van der Waals surface area contributed by atoms with Crippen LogP contribution in [0.2, 0.25) is 0 Å². The van der Waals surface area contributed by atoms with E-state index in [0.717, 1.165) is 135 Å². The minimum absolute atomic E-state index is 0.105. The zero-order valence-corrected chi connectivity index (χ0v) is 53.9. The lowest BCUT2D eigenvalue weighted by molar-refractivity contribution is -0.167. The average Bonchev–Trinajstić information content (AvgIpc) is 3.49. The van der Waals surface area contributed by atoms with Crippen molar-refractivity contribution in [1.82, 2.24) is 0 Å². The zero-order chi connectivity index (χ0) is 59.9. The van der Waals surface area contributed by atoms with Crippen LogP contribution in [-0.2, 0) is 28.6 Å². The fraction of sp³-hybridized carbons (Fsp3) is 0.649. The van der Waals surface area contributed by atoms with Crippen LogP contribution >= 0.6 is 0 Å². The van der Waals surface area contributed by atoms with Crippen molar-refractivity contribution in [2.24, 2.45) is 0 Å². The number of hydrogen-bond donors (Lipinski definition) is 0. The summed E-state index contributed by atoms with van der Waals surface area (Å²) in [5.41, 5.74) is 0. The van der Waals surface area contributed by atoms with Crippen LogP contribution in [0.5, 0.6) is 0 Å². The summed E-state index contributed by atoms with van der Waals surface area (Å²) in [4.78, 5) is 38.4. The van der Waals surface area contributed by atoms with Gasteiger partial charge in [-0.2, -0.15) is 0 Å². The van der Waals surface area contributed by atoms with Gasteiger partial charge in [-0.15, -0.1) is 0 Å². The Balaban J connectivity index is 4.38. The molecule has 0 aliphatic carbocycles. The Morgan fingerprint density at radius 3 is 0.747 bits per heavy atom. The van der Waals surface area contributed by atoms with Crippen molar-refractivity contribution in [2.75, 3.05) is 13.2 Å². The number of unbranched alkanes of at least 4 members (excludes halogenated alkanes) is 26. The van der Waals surface area contributed by atoms with E-state index < -0.39 is 6.10 Å². The maximum atomic E-state index is 12.9. The lowest BCUT2D eigenvalue weighted by Gasteiger charge is -2.18. The monoisotopic (exact) mass is 1150 g/mol. The van der Waals surface area contributed by atoms with Gasteiger partial charge >= 0.3 is 17.9 Å². The Morgan fingerprint density at radius 1 is 0.253 bits per heavy atom. The van der Waals surface area contributed by atoms with Crippen molar-refractivity contribution in [3.8, 4) is 0 Å². The Bertz CT molecular complexity index is 1800. The van der Waals surface area contributed by atoms with E-state index in [4.69, 9.17) is 14.2 Å². The number of carbonyl (C=O) groups is 3. The highest BCUT2D eigenvalue weighted by molar-refractivity contribution is 5.71.